The van der Waals surface area contributed by atoms with Gasteiger partial charge >= 0.3 is 5.97 Å². The Morgan fingerprint density at radius 3 is 1.55 bits per heavy atom. The third-order valence-electron chi connectivity index (χ3n) is 6.40. The molecule has 0 saturated carbocycles. The maximum absolute atomic E-state index is 11.5. The van der Waals surface area contributed by atoms with Gasteiger partial charge in [-0.25, -0.2) is 4.79 Å². The molecule has 0 radical (unpaired) electrons. The number of carbonyl (C=O) groups excluding carboxylic acids is 1. The van der Waals surface area contributed by atoms with Crippen molar-refractivity contribution in [2.24, 2.45) is 0 Å². The fourth-order valence-corrected chi connectivity index (χ4v) is 4.10. The van der Waals surface area contributed by atoms with Gasteiger partial charge in [0.15, 0.2) is 0 Å². The number of unbranched alkanes of at least 4 members (excludes halogenated alkanes) is 15. The van der Waals surface area contributed by atoms with Crippen LogP contribution in [0.25, 0.3) is 0 Å². The Hall–Kier alpha value is -0.870. The Bertz CT molecular complexity index is 438. The number of carbonyl (C=O) groups is 1. The number of ether oxygens (including phenoxy) is 1. The molecule has 1 unspecified atom stereocenters. The van der Waals surface area contributed by atoms with Gasteiger partial charge in [0.1, 0.15) is 19.7 Å². The van der Waals surface area contributed by atoms with E-state index in [0.717, 1.165) is 17.6 Å². The third kappa shape index (κ3) is 19.5. The monoisotopic (exact) mass is 440 g/mol. The molecule has 1 N–H and O–H groups in total. The normalized spacial score (nSPS) is 13.2. The average Bonchev–Trinajstić information content (AvgIpc) is 2.73. The van der Waals surface area contributed by atoms with Gasteiger partial charge in [-0.05, 0) is 19.8 Å². The quantitative estimate of drug-likeness (QED) is 0.0822. The highest BCUT2D eigenvalue weighted by Crippen LogP contribution is 2.14. The van der Waals surface area contributed by atoms with E-state index < -0.39 is 0 Å². The van der Waals surface area contributed by atoms with Crippen LogP contribution >= 0.6 is 0 Å². The van der Waals surface area contributed by atoms with E-state index in [0.29, 0.717) is 18.7 Å². The van der Waals surface area contributed by atoms with E-state index in [1.807, 2.05) is 0 Å². The lowest BCUT2D eigenvalue weighted by Crippen LogP contribution is -2.49. The molecule has 0 aromatic rings. The lowest BCUT2D eigenvalue weighted by atomic mass is 10.0. The van der Waals surface area contributed by atoms with Crippen molar-refractivity contribution >= 4 is 5.97 Å². The summed E-state index contributed by atoms with van der Waals surface area (Å²) in [6.07, 6.45) is 22.0. The van der Waals surface area contributed by atoms with Crippen LogP contribution < -0.4 is 0 Å². The number of hydrogen-bond acceptors (Lipinski definition) is 3. The van der Waals surface area contributed by atoms with Crippen LogP contribution in [-0.2, 0) is 9.53 Å². The molecule has 4 nitrogen and oxygen atoms in total. The smallest absolute Gasteiger partial charge is 0.333 e. The van der Waals surface area contributed by atoms with Gasteiger partial charge in [0.25, 0.3) is 0 Å². The van der Waals surface area contributed by atoms with Crippen molar-refractivity contribution in [3.8, 4) is 0 Å². The number of esters is 1. The molecule has 1 atom stereocenters. The van der Waals surface area contributed by atoms with Crippen LogP contribution in [0.2, 0.25) is 0 Å². The molecule has 31 heavy (non-hydrogen) atoms. The highest BCUT2D eigenvalue weighted by Gasteiger charge is 2.21. The van der Waals surface area contributed by atoms with Crippen molar-refractivity contribution in [1.82, 2.24) is 0 Å². The van der Waals surface area contributed by atoms with Gasteiger partial charge in [0.05, 0.1) is 20.2 Å². The fourth-order valence-electron chi connectivity index (χ4n) is 4.10. The second-order valence-corrected chi connectivity index (χ2v) is 9.73. The number of aliphatic hydroxyl groups excluding tert-OH is 1. The molecular weight excluding hydrogens is 386 g/mol. The zero-order valence-electron chi connectivity index (χ0n) is 21.3. The van der Waals surface area contributed by atoms with E-state index in [4.69, 9.17) is 4.74 Å². The van der Waals surface area contributed by atoms with Crippen molar-refractivity contribution < 1.29 is 19.1 Å². The van der Waals surface area contributed by atoms with Gasteiger partial charge < -0.3 is 14.3 Å². The molecule has 184 valence electrons. The maximum atomic E-state index is 11.5. The number of nitrogens with zero attached hydrogens (tertiary/aromatic N) is 1. The van der Waals surface area contributed by atoms with Crippen LogP contribution in [0.1, 0.15) is 117 Å². The zero-order valence-corrected chi connectivity index (χ0v) is 21.3. The van der Waals surface area contributed by atoms with Crippen LogP contribution in [0.4, 0.5) is 0 Å². The van der Waals surface area contributed by atoms with Crippen LogP contribution in [0.3, 0.4) is 0 Å². The Kier molecular flexibility index (Phi) is 20.4. The summed E-state index contributed by atoms with van der Waals surface area (Å²) in [6.45, 7) is 10.6. The maximum Gasteiger partial charge on any atom is 0.333 e. The average molecular weight is 441 g/mol. The minimum Gasteiger partial charge on any atom is -0.456 e. The molecule has 0 aliphatic rings. The highest BCUT2D eigenvalue weighted by molar-refractivity contribution is 5.86. The number of quaternary nitrogens is 1. The van der Waals surface area contributed by atoms with Gasteiger partial charge in [-0.15, -0.1) is 0 Å². The van der Waals surface area contributed by atoms with E-state index in [-0.39, 0.29) is 12.6 Å². The third-order valence-corrected chi connectivity index (χ3v) is 6.40. The Balaban J connectivity index is 3.57. The van der Waals surface area contributed by atoms with Crippen molar-refractivity contribution in [1.29, 1.82) is 0 Å². The summed E-state index contributed by atoms with van der Waals surface area (Å²) in [5, 5.41) is 9.40. The molecule has 0 aliphatic carbocycles. The van der Waals surface area contributed by atoms with Gasteiger partial charge in [-0.2, -0.15) is 0 Å². The number of likely N-dealkylation sites (N-methyl/N-ethyl adjacent to an activating group) is 1. The summed E-state index contributed by atoms with van der Waals surface area (Å²) >= 11 is 0. The standard InChI is InChI=1S/C27H54NO3/c1-5-6-7-8-9-10-11-12-13-14-15-16-17-18-19-20-21-28(4,22-24-29)23-25-31-27(30)26(2)3/h29H,2,5-25H2,1,3-4H3/q+1. The summed E-state index contributed by atoms with van der Waals surface area (Å²) in [5.41, 5.74) is 0.439. The molecule has 0 bridgehead atoms. The SMILES string of the molecule is C=C(C)C(=O)OCC[N+](C)(CCO)CCCCCCCCCCCCCCCCCC. The van der Waals surface area contributed by atoms with Gasteiger partial charge in [-0.1, -0.05) is 103 Å². The van der Waals surface area contributed by atoms with Crippen molar-refractivity contribution in [2.75, 3.05) is 39.9 Å². The lowest BCUT2D eigenvalue weighted by molar-refractivity contribution is -0.910. The predicted molar refractivity (Wildman–Crippen MR) is 133 cm³/mol. The molecular formula is C27H54NO3+. The molecule has 0 saturated heterocycles. The minimum absolute atomic E-state index is 0.170. The Morgan fingerprint density at radius 1 is 0.742 bits per heavy atom. The zero-order chi connectivity index (χ0) is 23.2. The van der Waals surface area contributed by atoms with E-state index in [2.05, 4.69) is 20.6 Å². The van der Waals surface area contributed by atoms with Crippen LogP contribution in [-0.4, -0.2) is 55.5 Å². The van der Waals surface area contributed by atoms with Gasteiger partial charge in [-0.3, -0.25) is 0 Å². The van der Waals surface area contributed by atoms with E-state index in [1.54, 1.807) is 6.92 Å². The first kappa shape index (κ1) is 30.1. The molecule has 4 heteroatoms. The summed E-state index contributed by atoms with van der Waals surface area (Å²) in [4.78, 5) is 11.5. The number of rotatable bonds is 23. The Labute approximate surface area is 194 Å². The van der Waals surface area contributed by atoms with Crippen molar-refractivity contribution in [2.45, 2.75) is 117 Å². The fraction of sp³-hybridized carbons (Fsp3) is 0.889. The van der Waals surface area contributed by atoms with Gasteiger partial charge in [0, 0.05) is 5.57 Å². The minimum atomic E-state index is -0.321. The first-order valence-corrected chi connectivity index (χ1v) is 13.2. The molecule has 0 heterocycles. The second-order valence-electron chi connectivity index (χ2n) is 9.73. The van der Waals surface area contributed by atoms with E-state index >= 15 is 0 Å². The molecule has 0 spiro atoms. The largest absolute Gasteiger partial charge is 0.456 e. The predicted octanol–water partition coefficient (Wildman–Crippen LogP) is 6.81. The summed E-state index contributed by atoms with van der Waals surface area (Å²) < 4.78 is 6.01. The van der Waals surface area contributed by atoms with Crippen LogP contribution in [0.15, 0.2) is 12.2 Å². The number of hydrogen-bond donors (Lipinski definition) is 1. The molecule has 0 rings (SSSR count). The first-order valence-electron chi connectivity index (χ1n) is 13.2. The first-order chi connectivity index (χ1) is 14.9. The summed E-state index contributed by atoms with van der Waals surface area (Å²) in [5.74, 6) is -0.321. The lowest BCUT2D eigenvalue weighted by Gasteiger charge is -2.34. The Morgan fingerprint density at radius 2 is 1.16 bits per heavy atom. The summed E-state index contributed by atoms with van der Waals surface area (Å²) in [6, 6.07) is 0. The summed E-state index contributed by atoms with van der Waals surface area (Å²) in [7, 11) is 2.15. The van der Waals surface area contributed by atoms with E-state index in [1.165, 1.54) is 103 Å². The van der Waals surface area contributed by atoms with Gasteiger partial charge in [0.2, 0.25) is 0 Å². The topological polar surface area (TPSA) is 46.5 Å². The molecule has 0 fully saturated rings. The molecule has 0 aliphatic heterocycles. The van der Waals surface area contributed by atoms with Crippen LogP contribution in [0, 0.1) is 0 Å². The second kappa shape index (κ2) is 21.0. The molecule has 0 amide bonds. The van der Waals surface area contributed by atoms with Crippen LogP contribution in [0.5, 0.6) is 0 Å². The van der Waals surface area contributed by atoms with Crippen molar-refractivity contribution in [3.63, 3.8) is 0 Å². The molecule has 0 aromatic carbocycles. The highest BCUT2D eigenvalue weighted by atomic mass is 16.5. The number of aliphatic hydroxyl groups is 1. The van der Waals surface area contributed by atoms with E-state index in [9.17, 15) is 9.90 Å². The molecule has 0 aromatic heterocycles. The van der Waals surface area contributed by atoms with Crippen molar-refractivity contribution in [3.05, 3.63) is 12.2 Å².